The van der Waals surface area contributed by atoms with Crippen molar-refractivity contribution in [2.45, 2.75) is 25.9 Å². The summed E-state index contributed by atoms with van der Waals surface area (Å²) in [6, 6.07) is -0.305. The van der Waals surface area contributed by atoms with Gasteiger partial charge in [0.25, 0.3) is 0 Å². The number of aromatic nitrogens is 2. The number of nitrogens with zero attached hydrogens (tertiary/aromatic N) is 2. The Balaban J connectivity index is 2.01. The molecule has 2 heterocycles. The summed E-state index contributed by atoms with van der Waals surface area (Å²) in [6.07, 6.45) is 2.20. The average Bonchev–Trinajstić information content (AvgIpc) is 2.90. The molecule has 0 radical (unpaired) electrons. The van der Waals surface area contributed by atoms with Crippen molar-refractivity contribution in [1.82, 2.24) is 25.5 Å². The van der Waals surface area contributed by atoms with E-state index >= 15 is 0 Å². The minimum Gasteiger partial charge on any atom is -0.358 e. The SMILES string of the molecule is CCN(CC(=O)NC)C(=O)C1Cc2nc[nH]c2CN1. The Labute approximate surface area is 111 Å². The first kappa shape index (κ1) is 13.5. The number of hydrogen-bond donors (Lipinski definition) is 3. The van der Waals surface area contributed by atoms with Crippen LogP contribution in [-0.2, 0) is 22.6 Å². The van der Waals surface area contributed by atoms with E-state index in [1.165, 1.54) is 0 Å². The summed E-state index contributed by atoms with van der Waals surface area (Å²) in [7, 11) is 1.56. The van der Waals surface area contributed by atoms with Crippen molar-refractivity contribution < 1.29 is 9.59 Å². The molecule has 19 heavy (non-hydrogen) atoms. The molecule has 0 aromatic carbocycles. The molecule has 1 aromatic heterocycles. The second kappa shape index (κ2) is 5.83. The number of imidazole rings is 1. The summed E-state index contributed by atoms with van der Waals surface area (Å²) in [5, 5.41) is 5.70. The van der Waals surface area contributed by atoms with Crippen LogP contribution in [0, 0.1) is 0 Å². The van der Waals surface area contributed by atoms with Crippen molar-refractivity contribution in [3.63, 3.8) is 0 Å². The van der Waals surface area contributed by atoms with Gasteiger partial charge in [0.2, 0.25) is 11.8 Å². The molecule has 0 bridgehead atoms. The number of carbonyl (C=O) groups excluding carboxylic acids is 2. The Morgan fingerprint density at radius 3 is 3.05 bits per heavy atom. The fraction of sp³-hybridized carbons (Fsp3) is 0.583. The molecule has 0 aliphatic carbocycles. The lowest BCUT2D eigenvalue weighted by molar-refractivity contribution is -0.137. The second-order valence-electron chi connectivity index (χ2n) is 4.49. The summed E-state index contributed by atoms with van der Waals surface area (Å²) in [5.41, 5.74) is 1.95. The van der Waals surface area contributed by atoms with Gasteiger partial charge in [0.15, 0.2) is 0 Å². The van der Waals surface area contributed by atoms with Gasteiger partial charge >= 0.3 is 0 Å². The molecule has 3 N–H and O–H groups in total. The maximum Gasteiger partial charge on any atom is 0.240 e. The maximum absolute atomic E-state index is 12.4. The third-order valence-electron chi connectivity index (χ3n) is 3.34. The van der Waals surface area contributed by atoms with E-state index in [2.05, 4.69) is 20.6 Å². The molecule has 1 aliphatic heterocycles. The number of H-pyrrole nitrogens is 1. The van der Waals surface area contributed by atoms with Crippen molar-refractivity contribution in [1.29, 1.82) is 0 Å². The van der Waals surface area contributed by atoms with E-state index in [1.807, 2.05) is 6.92 Å². The van der Waals surface area contributed by atoms with E-state index in [-0.39, 0.29) is 24.4 Å². The predicted molar refractivity (Wildman–Crippen MR) is 69.2 cm³/mol. The molecule has 0 spiro atoms. The maximum atomic E-state index is 12.4. The van der Waals surface area contributed by atoms with Gasteiger partial charge in [0.05, 0.1) is 30.3 Å². The summed E-state index contributed by atoms with van der Waals surface area (Å²) in [6.45, 7) is 3.07. The molecule has 7 heteroatoms. The van der Waals surface area contributed by atoms with Crippen LogP contribution in [0.2, 0.25) is 0 Å². The fourth-order valence-electron chi connectivity index (χ4n) is 2.16. The summed E-state index contributed by atoms with van der Waals surface area (Å²) < 4.78 is 0. The lowest BCUT2D eigenvalue weighted by atomic mass is 10.0. The van der Waals surface area contributed by atoms with Gasteiger partial charge in [-0.1, -0.05) is 0 Å². The van der Waals surface area contributed by atoms with Gasteiger partial charge in [-0.2, -0.15) is 0 Å². The predicted octanol–water partition coefficient (Wildman–Crippen LogP) is -0.981. The first-order valence-electron chi connectivity index (χ1n) is 6.39. The zero-order valence-corrected chi connectivity index (χ0v) is 11.2. The molecular weight excluding hydrogens is 246 g/mol. The van der Waals surface area contributed by atoms with E-state index in [0.29, 0.717) is 19.5 Å². The van der Waals surface area contributed by atoms with Gasteiger partial charge in [-0.25, -0.2) is 4.98 Å². The molecule has 104 valence electrons. The molecule has 1 unspecified atom stereocenters. The zero-order chi connectivity index (χ0) is 13.8. The molecule has 0 saturated carbocycles. The number of amides is 2. The van der Waals surface area contributed by atoms with Crippen molar-refractivity contribution in [3.8, 4) is 0 Å². The standard InChI is InChI=1S/C12H19N5O2/c1-3-17(6-11(18)13-2)12(19)9-4-8-10(5-14-9)16-7-15-8/h7,9,14H,3-6H2,1-2H3,(H,13,18)(H,15,16). The Kier molecular flexibility index (Phi) is 4.16. The van der Waals surface area contributed by atoms with Crippen LogP contribution >= 0.6 is 0 Å². The summed E-state index contributed by atoms with van der Waals surface area (Å²) >= 11 is 0. The number of carbonyl (C=O) groups is 2. The fourth-order valence-corrected chi connectivity index (χ4v) is 2.16. The molecule has 2 amide bonds. The molecule has 2 rings (SSSR count). The lowest BCUT2D eigenvalue weighted by Crippen LogP contribution is -2.51. The molecule has 1 aromatic rings. The Bertz CT molecular complexity index is 470. The van der Waals surface area contributed by atoms with Crippen LogP contribution in [0.15, 0.2) is 6.33 Å². The van der Waals surface area contributed by atoms with Crippen LogP contribution in [0.3, 0.4) is 0 Å². The minimum atomic E-state index is -0.305. The second-order valence-corrected chi connectivity index (χ2v) is 4.49. The average molecular weight is 265 g/mol. The zero-order valence-electron chi connectivity index (χ0n) is 11.2. The van der Waals surface area contributed by atoms with Crippen LogP contribution in [0.25, 0.3) is 0 Å². The summed E-state index contributed by atoms with van der Waals surface area (Å²) in [4.78, 5) is 32.5. The van der Waals surface area contributed by atoms with Crippen LogP contribution < -0.4 is 10.6 Å². The molecule has 1 aliphatic rings. The van der Waals surface area contributed by atoms with Crippen molar-refractivity contribution in [2.24, 2.45) is 0 Å². The van der Waals surface area contributed by atoms with E-state index in [1.54, 1.807) is 18.3 Å². The first-order valence-corrected chi connectivity index (χ1v) is 6.39. The lowest BCUT2D eigenvalue weighted by Gasteiger charge is -2.28. The number of nitrogens with one attached hydrogen (secondary N) is 3. The molecule has 0 fully saturated rings. The van der Waals surface area contributed by atoms with Gasteiger partial charge in [-0.3, -0.25) is 14.9 Å². The van der Waals surface area contributed by atoms with E-state index in [9.17, 15) is 9.59 Å². The molecule has 0 saturated heterocycles. The van der Waals surface area contributed by atoms with E-state index in [0.717, 1.165) is 11.4 Å². The molecular formula is C12H19N5O2. The molecule has 7 nitrogen and oxygen atoms in total. The topological polar surface area (TPSA) is 90.1 Å². The van der Waals surface area contributed by atoms with Gasteiger partial charge in [-0.15, -0.1) is 0 Å². The van der Waals surface area contributed by atoms with E-state index in [4.69, 9.17) is 0 Å². The van der Waals surface area contributed by atoms with Crippen LogP contribution in [-0.4, -0.2) is 52.9 Å². The number of rotatable bonds is 4. The highest BCUT2D eigenvalue weighted by atomic mass is 16.2. The largest absolute Gasteiger partial charge is 0.358 e. The highest BCUT2D eigenvalue weighted by Gasteiger charge is 2.29. The van der Waals surface area contributed by atoms with Crippen molar-refractivity contribution >= 4 is 11.8 Å². The van der Waals surface area contributed by atoms with Crippen LogP contribution in [0.5, 0.6) is 0 Å². The third kappa shape index (κ3) is 2.93. The normalized spacial score (nSPS) is 17.7. The minimum absolute atomic E-state index is 0.0558. The van der Waals surface area contributed by atoms with Gasteiger partial charge in [0.1, 0.15) is 0 Å². The van der Waals surface area contributed by atoms with Crippen molar-refractivity contribution in [2.75, 3.05) is 20.1 Å². The van der Waals surface area contributed by atoms with Crippen LogP contribution in [0.4, 0.5) is 0 Å². The van der Waals surface area contributed by atoms with Gasteiger partial charge in [-0.05, 0) is 6.92 Å². The number of fused-ring (bicyclic) bond motifs is 1. The Morgan fingerprint density at radius 2 is 2.37 bits per heavy atom. The Hall–Kier alpha value is -1.89. The number of aromatic amines is 1. The highest BCUT2D eigenvalue weighted by Crippen LogP contribution is 2.13. The van der Waals surface area contributed by atoms with Crippen molar-refractivity contribution in [3.05, 3.63) is 17.7 Å². The smallest absolute Gasteiger partial charge is 0.240 e. The van der Waals surface area contributed by atoms with Gasteiger partial charge < -0.3 is 15.2 Å². The quantitative estimate of drug-likeness (QED) is 0.652. The summed E-state index contributed by atoms with van der Waals surface area (Å²) in [5.74, 6) is -0.216. The highest BCUT2D eigenvalue weighted by molar-refractivity contribution is 5.87. The monoisotopic (exact) mass is 265 g/mol. The third-order valence-corrected chi connectivity index (χ3v) is 3.34. The molecule has 1 atom stereocenters. The van der Waals surface area contributed by atoms with Gasteiger partial charge in [0, 0.05) is 26.6 Å². The van der Waals surface area contributed by atoms with E-state index < -0.39 is 0 Å². The van der Waals surface area contributed by atoms with Crippen LogP contribution in [0.1, 0.15) is 18.3 Å². The Morgan fingerprint density at radius 1 is 1.58 bits per heavy atom. The first-order chi connectivity index (χ1) is 9.15. The number of hydrogen-bond acceptors (Lipinski definition) is 4. The number of likely N-dealkylation sites (N-methyl/N-ethyl adjacent to an activating group) is 2.